The van der Waals surface area contributed by atoms with E-state index in [-0.39, 0.29) is 39.9 Å². The van der Waals surface area contributed by atoms with Gasteiger partial charge < -0.3 is 24.3 Å². The number of benzene rings is 1. The summed E-state index contributed by atoms with van der Waals surface area (Å²) in [7, 11) is 1.83. The molecule has 0 aromatic heterocycles. The number of likely N-dealkylation sites (N-methyl/N-ethyl adjacent to an activating group) is 1. The molecule has 5 atom stereocenters. The maximum Gasteiger partial charge on any atom is 0.605 e. The molecule has 0 spiro atoms. The molecule has 1 aromatic carbocycles. The van der Waals surface area contributed by atoms with Gasteiger partial charge in [0.2, 0.25) is 5.91 Å². The average molecular weight is 514 g/mol. The standard InChI is InChI=1S/C22H30BCl2N3O6/c1-12(2)8-18(23-28(5,14(4)22(32)34-23)13(3)9-20(30)33-23)27-19(29)11-26-21(31)16-10-15(24)6-7-17(16)25/h6-7,10,12-14,18H,8-9,11H2,1-5H3,(H,26,31)(H,27,29)/t13-,14+,18-,23?,28?/m0/s1. The van der Waals surface area contributed by atoms with E-state index < -0.39 is 42.4 Å². The Kier molecular flexibility index (Phi) is 7.55. The second-order valence-electron chi connectivity index (χ2n) is 9.72. The average Bonchev–Trinajstić information content (AvgIpc) is 2.95. The van der Waals surface area contributed by atoms with E-state index in [0.29, 0.717) is 11.4 Å². The predicted octanol–water partition coefficient (Wildman–Crippen LogP) is 2.46. The van der Waals surface area contributed by atoms with Crippen molar-refractivity contribution >= 4 is 53.6 Å². The van der Waals surface area contributed by atoms with Crippen molar-refractivity contribution in [2.24, 2.45) is 5.92 Å². The molecular formula is C22H30BCl2N3O6. The zero-order valence-corrected chi connectivity index (χ0v) is 21.4. The van der Waals surface area contributed by atoms with Crippen molar-refractivity contribution in [1.82, 2.24) is 10.6 Å². The number of hydrogen-bond donors (Lipinski definition) is 2. The van der Waals surface area contributed by atoms with Gasteiger partial charge in [0.1, 0.15) is 6.04 Å². The molecule has 186 valence electrons. The van der Waals surface area contributed by atoms with E-state index in [1.54, 1.807) is 13.0 Å². The van der Waals surface area contributed by atoms with Crippen molar-refractivity contribution in [1.29, 1.82) is 0 Å². The largest absolute Gasteiger partial charge is 0.605 e. The Morgan fingerprint density at radius 3 is 2.53 bits per heavy atom. The van der Waals surface area contributed by atoms with Crippen LogP contribution in [0.4, 0.5) is 0 Å². The maximum absolute atomic E-state index is 12.9. The first-order chi connectivity index (χ1) is 15.8. The summed E-state index contributed by atoms with van der Waals surface area (Å²) in [6.07, 6.45) is 0.535. The van der Waals surface area contributed by atoms with Gasteiger partial charge in [-0.05, 0) is 44.4 Å². The van der Waals surface area contributed by atoms with Crippen LogP contribution < -0.4 is 10.6 Å². The first-order valence-corrected chi connectivity index (χ1v) is 12.0. The molecule has 2 heterocycles. The first-order valence-electron chi connectivity index (χ1n) is 11.3. The molecule has 3 rings (SSSR count). The van der Waals surface area contributed by atoms with Crippen molar-refractivity contribution < 1.29 is 32.9 Å². The summed E-state index contributed by atoms with van der Waals surface area (Å²) in [5.74, 6) is -2.73. The van der Waals surface area contributed by atoms with Gasteiger partial charge in [0.05, 0.1) is 35.5 Å². The minimum atomic E-state index is -2.58. The molecule has 2 amide bonds. The van der Waals surface area contributed by atoms with Gasteiger partial charge in [-0.2, -0.15) is 0 Å². The number of rotatable bonds is 7. The van der Waals surface area contributed by atoms with Crippen LogP contribution in [0.3, 0.4) is 0 Å². The third-order valence-electron chi connectivity index (χ3n) is 7.11. The van der Waals surface area contributed by atoms with Crippen molar-refractivity contribution in [2.45, 2.75) is 58.6 Å². The van der Waals surface area contributed by atoms with Crippen LogP contribution in [0.2, 0.25) is 10.0 Å². The second kappa shape index (κ2) is 9.75. The number of amides is 2. The molecule has 34 heavy (non-hydrogen) atoms. The maximum atomic E-state index is 12.9. The molecule has 12 heteroatoms. The Bertz CT molecular complexity index is 1020. The van der Waals surface area contributed by atoms with Crippen LogP contribution in [-0.4, -0.2) is 66.5 Å². The topological polar surface area (TPSA) is 111 Å². The molecule has 0 bridgehead atoms. The number of carbonyl (C=O) groups excluding carboxylic acids is 4. The van der Waals surface area contributed by atoms with Crippen molar-refractivity contribution in [3.8, 4) is 0 Å². The highest BCUT2D eigenvalue weighted by Gasteiger charge is 2.71. The molecule has 2 N–H and O–H groups in total. The fourth-order valence-corrected chi connectivity index (χ4v) is 5.42. The van der Waals surface area contributed by atoms with Crippen molar-refractivity contribution in [3.05, 3.63) is 33.8 Å². The highest BCUT2D eigenvalue weighted by atomic mass is 35.5. The fraction of sp³-hybridized carbons (Fsp3) is 0.545. The van der Waals surface area contributed by atoms with Crippen LogP contribution in [0, 0.1) is 5.92 Å². The molecule has 0 radical (unpaired) electrons. The van der Waals surface area contributed by atoms with E-state index in [9.17, 15) is 19.2 Å². The summed E-state index contributed by atoms with van der Waals surface area (Å²) < 4.78 is 11.7. The third-order valence-corrected chi connectivity index (χ3v) is 7.68. The van der Waals surface area contributed by atoms with Gasteiger partial charge in [-0.1, -0.05) is 37.0 Å². The van der Waals surface area contributed by atoms with Crippen LogP contribution >= 0.6 is 23.2 Å². The van der Waals surface area contributed by atoms with Crippen molar-refractivity contribution in [3.63, 3.8) is 0 Å². The molecule has 1 aromatic rings. The van der Waals surface area contributed by atoms with Gasteiger partial charge in [0.15, 0.2) is 0 Å². The summed E-state index contributed by atoms with van der Waals surface area (Å²) in [4.78, 5) is 50.6. The number of fused-ring (bicyclic) bond motifs is 1. The highest BCUT2D eigenvalue weighted by Crippen LogP contribution is 2.43. The first kappa shape index (κ1) is 26.3. The quantitative estimate of drug-likeness (QED) is 0.542. The Labute approximate surface area is 209 Å². The number of nitrogens with zero attached hydrogens (tertiary/aromatic N) is 1. The SMILES string of the molecule is CC(C)C[C@H](NC(=O)CNC(=O)c1cc(Cl)ccc1Cl)[B-]12OC(=O)C[C@H](C)[N+]1(C)[C@H](C)C(=O)O2. The van der Waals surface area contributed by atoms with Gasteiger partial charge in [0, 0.05) is 12.1 Å². The fourth-order valence-electron chi connectivity index (χ4n) is 5.05. The van der Waals surface area contributed by atoms with Gasteiger partial charge in [-0.3, -0.25) is 14.4 Å². The normalized spacial score (nSPS) is 29.2. The van der Waals surface area contributed by atoms with E-state index in [2.05, 4.69) is 10.6 Å². The number of halogens is 2. The summed E-state index contributed by atoms with van der Waals surface area (Å²) in [6.45, 7) is 4.57. The lowest BCUT2D eigenvalue weighted by Gasteiger charge is -2.59. The minimum Gasteiger partial charge on any atom is -0.603 e. The summed E-state index contributed by atoms with van der Waals surface area (Å²) in [5, 5.41) is 5.92. The summed E-state index contributed by atoms with van der Waals surface area (Å²) in [6, 6.07) is 3.63. The molecule has 0 aliphatic carbocycles. The Morgan fingerprint density at radius 2 is 1.88 bits per heavy atom. The Hall–Kier alpha value is -2.30. The van der Waals surface area contributed by atoms with Gasteiger partial charge in [-0.25, -0.2) is 4.79 Å². The molecule has 2 aliphatic rings. The van der Waals surface area contributed by atoms with Crippen LogP contribution in [0.25, 0.3) is 0 Å². The molecule has 2 saturated heterocycles. The summed E-state index contributed by atoms with van der Waals surface area (Å²) >= 11 is 12.0. The molecule has 2 aliphatic heterocycles. The lowest BCUT2D eigenvalue weighted by atomic mass is 9.54. The van der Waals surface area contributed by atoms with E-state index in [1.165, 1.54) is 12.1 Å². The monoisotopic (exact) mass is 513 g/mol. The second-order valence-corrected chi connectivity index (χ2v) is 10.6. The van der Waals surface area contributed by atoms with Gasteiger partial charge >= 0.3 is 12.7 Å². The third kappa shape index (κ3) is 4.63. The van der Waals surface area contributed by atoms with E-state index in [0.717, 1.165) is 0 Å². The highest BCUT2D eigenvalue weighted by molar-refractivity contribution is 6.67. The van der Waals surface area contributed by atoms with Crippen LogP contribution in [0.5, 0.6) is 0 Å². The van der Waals surface area contributed by atoms with Crippen LogP contribution in [0.1, 0.15) is 50.9 Å². The van der Waals surface area contributed by atoms with E-state index in [1.807, 2.05) is 27.8 Å². The van der Waals surface area contributed by atoms with Crippen LogP contribution in [0.15, 0.2) is 18.2 Å². The molecule has 2 fully saturated rings. The zero-order chi connectivity index (χ0) is 25.4. The molecular weight excluding hydrogens is 484 g/mol. The molecule has 9 nitrogen and oxygen atoms in total. The van der Waals surface area contributed by atoms with Gasteiger partial charge in [0.25, 0.3) is 11.9 Å². The Balaban J connectivity index is 1.83. The number of nitrogens with one attached hydrogen (secondary N) is 2. The molecule has 0 saturated carbocycles. The van der Waals surface area contributed by atoms with E-state index >= 15 is 0 Å². The molecule has 2 unspecified atom stereocenters. The lowest BCUT2D eigenvalue weighted by Crippen LogP contribution is -2.81. The van der Waals surface area contributed by atoms with Crippen molar-refractivity contribution in [2.75, 3.05) is 13.6 Å². The van der Waals surface area contributed by atoms with E-state index in [4.69, 9.17) is 32.5 Å². The summed E-state index contributed by atoms with van der Waals surface area (Å²) in [5.41, 5.74) is 0.140. The van der Waals surface area contributed by atoms with Crippen LogP contribution in [-0.2, 0) is 23.7 Å². The zero-order valence-electron chi connectivity index (χ0n) is 19.9. The Morgan fingerprint density at radius 1 is 1.21 bits per heavy atom. The smallest absolute Gasteiger partial charge is 0.603 e. The lowest BCUT2D eigenvalue weighted by molar-refractivity contribution is -0.861. The minimum absolute atomic E-state index is 0.0622. The number of hydrogen-bond acceptors (Lipinski definition) is 6. The number of carbonyl (C=O) groups is 4. The predicted molar refractivity (Wildman–Crippen MR) is 128 cm³/mol. The number of quaternary nitrogens is 1. The van der Waals surface area contributed by atoms with Gasteiger partial charge in [-0.15, -0.1) is 0 Å².